The highest BCUT2D eigenvalue weighted by Crippen LogP contribution is 2.49. The van der Waals surface area contributed by atoms with Gasteiger partial charge in [0.15, 0.2) is 0 Å². The summed E-state index contributed by atoms with van der Waals surface area (Å²) in [6.07, 6.45) is -0.659. The number of hydrogen-bond acceptors (Lipinski definition) is 5. The molecular formula is C31H37NO4S. The lowest BCUT2D eigenvalue weighted by Gasteiger charge is -2.36. The maximum absolute atomic E-state index is 14.1. The van der Waals surface area contributed by atoms with Crippen molar-refractivity contribution in [2.24, 2.45) is 0 Å². The number of alkyl carbamates (subject to hydrolysis) is 1. The van der Waals surface area contributed by atoms with Crippen molar-refractivity contribution in [3.63, 3.8) is 0 Å². The van der Waals surface area contributed by atoms with E-state index in [1.54, 1.807) is 20.8 Å². The van der Waals surface area contributed by atoms with Gasteiger partial charge in [-0.05, 0) is 58.2 Å². The average Bonchev–Trinajstić information content (AvgIpc) is 2.85. The van der Waals surface area contributed by atoms with Crippen molar-refractivity contribution in [3.8, 4) is 0 Å². The summed E-state index contributed by atoms with van der Waals surface area (Å²) in [5, 5.41) is 2.54. The van der Waals surface area contributed by atoms with Crippen LogP contribution in [0.4, 0.5) is 4.79 Å². The van der Waals surface area contributed by atoms with E-state index in [1.165, 1.54) is 11.8 Å². The van der Waals surface area contributed by atoms with Crippen molar-refractivity contribution >= 4 is 23.0 Å². The average molecular weight is 520 g/mol. The fourth-order valence-electron chi connectivity index (χ4n) is 3.87. The van der Waals surface area contributed by atoms with Crippen LogP contribution in [-0.4, -0.2) is 35.1 Å². The summed E-state index contributed by atoms with van der Waals surface area (Å²) in [6, 6.07) is 29.0. The molecule has 0 spiro atoms. The van der Waals surface area contributed by atoms with E-state index in [1.807, 2.05) is 112 Å². The van der Waals surface area contributed by atoms with Gasteiger partial charge in [-0.25, -0.2) is 4.79 Å². The van der Waals surface area contributed by atoms with Gasteiger partial charge in [0.1, 0.15) is 11.6 Å². The van der Waals surface area contributed by atoms with E-state index in [4.69, 9.17) is 9.47 Å². The molecule has 0 aliphatic carbocycles. The second-order valence-electron chi connectivity index (χ2n) is 10.8. The summed E-state index contributed by atoms with van der Waals surface area (Å²) < 4.78 is 10.6. The van der Waals surface area contributed by atoms with E-state index < -0.39 is 28.1 Å². The smallest absolute Gasteiger partial charge is 0.408 e. The van der Waals surface area contributed by atoms with Gasteiger partial charge >= 0.3 is 6.09 Å². The molecular weight excluding hydrogens is 482 g/mol. The molecule has 0 aromatic heterocycles. The Morgan fingerprint density at radius 2 is 1.11 bits per heavy atom. The molecule has 0 aliphatic rings. The largest absolute Gasteiger partial charge is 0.444 e. The fourth-order valence-corrected chi connectivity index (χ4v) is 5.20. The van der Waals surface area contributed by atoms with Crippen molar-refractivity contribution in [2.75, 3.05) is 6.61 Å². The van der Waals surface area contributed by atoms with E-state index in [9.17, 15) is 9.59 Å². The van der Waals surface area contributed by atoms with Crippen LogP contribution in [0.25, 0.3) is 0 Å². The van der Waals surface area contributed by atoms with Crippen LogP contribution in [0.1, 0.15) is 58.2 Å². The Kier molecular flexibility index (Phi) is 9.21. The van der Waals surface area contributed by atoms with Crippen LogP contribution in [0.5, 0.6) is 0 Å². The van der Waals surface area contributed by atoms with Gasteiger partial charge in [-0.15, -0.1) is 0 Å². The first-order valence-electron chi connectivity index (χ1n) is 12.4. The molecule has 0 bridgehead atoms. The van der Waals surface area contributed by atoms with E-state index in [0.29, 0.717) is 0 Å². The third-order valence-corrected chi connectivity index (χ3v) is 6.95. The Bertz CT molecular complexity index is 1060. The molecule has 1 atom stereocenters. The van der Waals surface area contributed by atoms with E-state index in [0.717, 1.165) is 16.7 Å². The second-order valence-corrected chi connectivity index (χ2v) is 12.0. The molecule has 0 fully saturated rings. The van der Waals surface area contributed by atoms with Crippen LogP contribution in [0.2, 0.25) is 0 Å². The highest BCUT2D eigenvalue weighted by Gasteiger charge is 2.41. The molecule has 3 aromatic carbocycles. The summed E-state index contributed by atoms with van der Waals surface area (Å²) in [7, 11) is 0. The Hall–Kier alpha value is -3.09. The molecule has 6 heteroatoms. The van der Waals surface area contributed by atoms with Crippen molar-refractivity contribution in [3.05, 3.63) is 108 Å². The zero-order valence-electron chi connectivity index (χ0n) is 22.5. The predicted octanol–water partition coefficient (Wildman–Crippen LogP) is 6.95. The lowest BCUT2D eigenvalue weighted by Crippen LogP contribution is -2.47. The van der Waals surface area contributed by atoms with Gasteiger partial charge in [0.25, 0.3) is 0 Å². The van der Waals surface area contributed by atoms with Crippen LogP contribution < -0.4 is 5.32 Å². The number of ether oxygens (including phenoxy) is 2. The van der Waals surface area contributed by atoms with Crippen molar-refractivity contribution in [2.45, 2.75) is 63.5 Å². The number of carbonyl (C=O) groups excluding carboxylic acids is 2. The van der Waals surface area contributed by atoms with E-state index in [-0.39, 0.29) is 11.7 Å². The minimum Gasteiger partial charge on any atom is -0.444 e. The Morgan fingerprint density at radius 1 is 0.703 bits per heavy atom. The third kappa shape index (κ3) is 7.94. The maximum atomic E-state index is 14.1. The summed E-state index contributed by atoms with van der Waals surface area (Å²) >= 11 is 1.18. The summed E-state index contributed by atoms with van der Waals surface area (Å²) in [5.41, 5.74) is 1.68. The number of thioether (sulfide) groups is 1. The highest BCUT2D eigenvalue weighted by molar-refractivity contribution is 8.14. The molecule has 5 nitrogen and oxygen atoms in total. The molecule has 37 heavy (non-hydrogen) atoms. The molecule has 3 rings (SSSR count). The first kappa shape index (κ1) is 28.5. The van der Waals surface area contributed by atoms with Crippen LogP contribution in [-0.2, 0) is 19.0 Å². The number of rotatable bonds is 8. The van der Waals surface area contributed by atoms with Crippen LogP contribution in [0, 0.1) is 0 Å². The topological polar surface area (TPSA) is 64.6 Å². The van der Waals surface area contributed by atoms with Gasteiger partial charge in [-0.1, -0.05) is 103 Å². The van der Waals surface area contributed by atoms with Crippen LogP contribution in [0.15, 0.2) is 91.0 Å². The molecule has 0 saturated heterocycles. The Labute approximate surface area is 225 Å². The molecule has 0 saturated carbocycles. The number of nitrogens with one attached hydrogen (secondary N) is 1. The maximum Gasteiger partial charge on any atom is 0.408 e. The molecule has 1 amide bonds. The standard InChI is InChI=1S/C31H37NO4S/c1-29(2,3)35-22-26(32-28(34)36-30(4,5)6)27(33)37-31(23-16-10-7-11-17-23,24-18-12-8-13-19-24)25-20-14-9-15-21-25/h7-21,26H,22H2,1-6H3,(H,32,34)/t26-/m0/s1. The highest BCUT2D eigenvalue weighted by atomic mass is 32.2. The predicted molar refractivity (Wildman–Crippen MR) is 151 cm³/mol. The van der Waals surface area contributed by atoms with Gasteiger partial charge in [0, 0.05) is 0 Å². The number of carbonyl (C=O) groups is 2. The number of hydrogen-bond donors (Lipinski definition) is 1. The van der Waals surface area contributed by atoms with Crippen molar-refractivity contribution in [1.82, 2.24) is 5.32 Å². The zero-order chi connectivity index (χ0) is 27.1. The second kappa shape index (κ2) is 12.0. The molecule has 0 heterocycles. The van der Waals surface area contributed by atoms with Crippen molar-refractivity contribution in [1.29, 1.82) is 0 Å². The van der Waals surface area contributed by atoms with Gasteiger partial charge < -0.3 is 14.8 Å². The fraction of sp³-hybridized carbons (Fsp3) is 0.355. The summed E-state index contributed by atoms with van der Waals surface area (Å²) in [5.74, 6) is 0. The van der Waals surface area contributed by atoms with Gasteiger partial charge in [-0.3, -0.25) is 4.79 Å². The lowest BCUT2D eigenvalue weighted by molar-refractivity contribution is -0.116. The van der Waals surface area contributed by atoms with Gasteiger partial charge in [0.05, 0.1) is 17.0 Å². The van der Waals surface area contributed by atoms with E-state index >= 15 is 0 Å². The Balaban J connectivity index is 2.09. The first-order chi connectivity index (χ1) is 17.4. The molecule has 3 aromatic rings. The van der Waals surface area contributed by atoms with E-state index in [2.05, 4.69) is 5.32 Å². The summed E-state index contributed by atoms with van der Waals surface area (Å²) in [6.45, 7) is 11.1. The molecule has 196 valence electrons. The summed E-state index contributed by atoms with van der Waals surface area (Å²) in [4.78, 5) is 26.8. The first-order valence-corrected chi connectivity index (χ1v) is 13.3. The van der Waals surface area contributed by atoms with Gasteiger partial charge in [-0.2, -0.15) is 0 Å². The third-order valence-electron chi connectivity index (χ3n) is 5.45. The molecule has 1 N–H and O–H groups in total. The Morgan fingerprint density at radius 3 is 1.46 bits per heavy atom. The quantitative estimate of drug-likeness (QED) is 0.326. The molecule has 0 radical (unpaired) electrons. The van der Waals surface area contributed by atoms with Crippen LogP contribution >= 0.6 is 11.8 Å². The van der Waals surface area contributed by atoms with Crippen molar-refractivity contribution < 1.29 is 19.1 Å². The normalized spacial score (nSPS) is 13.0. The molecule has 0 aliphatic heterocycles. The minimum atomic E-state index is -0.922. The monoisotopic (exact) mass is 519 g/mol. The number of benzene rings is 3. The lowest BCUT2D eigenvalue weighted by atomic mass is 9.84. The zero-order valence-corrected chi connectivity index (χ0v) is 23.3. The SMILES string of the molecule is CC(C)(C)OC[C@H](NC(=O)OC(C)(C)C)C(=O)SC(c1ccccc1)(c1ccccc1)c1ccccc1. The van der Waals surface area contributed by atoms with Gasteiger partial charge in [0.2, 0.25) is 5.12 Å². The minimum absolute atomic E-state index is 0.0169. The number of amides is 1. The van der Waals surface area contributed by atoms with Crippen LogP contribution in [0.3, 0.4) is 0 Å². The molecule has 0 unspecified atom stereocenters.